The van der Waals surface area contributed by atoms with Crippen LogP contribution < -0.4 is 14.2 Å². The summed E-state index contributed by atoms with van der Waals surface area (Å²) >= 11 is 0. The van der Waals surface area contributed by atoms with Gasteiger partial charge in [-0.2, -0.15) is 5.26 Å². The molecule has 150 valence electrons. The number of carbonyl (C=O) groups is 1. The zero-order valence-electron chi connectivity index (χ0n) is 16.8. The van der Waals surface area contributed by atoms with E-state index in [-0.39, 0.29) is 11.9 Å². The molecule has 0 bridgehead atoms. The Kier molecular flexibility index (Phi) is 6.91. The van der Waals surface area contributed by atoms with E-state index >= 15 is 0 Å². The summed E-state index contributed by atoms with van der Waals surface area (Å²) in [5.41, 5.74) is 1.95. The molecule has 0 heterocycles. The van der Waals surface area contributed by atoms with Crippen molar-refractivity contribution in [3.05, 3.63) is 53.6 Å². The van der Waals surface area contributed by atoms with Crippen molar-refractivity contribution in [3.63, 3.8) is 0 Å². The molecule has 0 amide bonds. The minimum absolute atomic E-state index is 0.0382. The molecule has 0 radical (unpaired) electrons. The van der Waals surface area contributed by atoms with E-state index in [0.717, 1.165) is 31.2 Å². The van der Waals surface area contributed by atoms with Crippen molar-refractivity contribution in [2.45, 2.75) is 32.1 Å². The van der Waals surface area contributed by atoms with E-state index in [0.29, 0.717) is 28.4 Å². The van der Waals surface area contributed by atoms with Gasteiger partial charge in [-0.1, -0.05) is 37.5 Å². The molecule has 5 nitrogen and oxygen atoms in total. The maximum absolute atomic E-state index is 12.5. The number of rotatable bonds is 6. The van der Waals surface area contributed by atoms with Gasteiger partial charge in [-0.15, -0.1) is 0 Å². The van der Waals surface area contributed by atoms with E-state index in [2.05, 4.69) is 6.07 Å². The Morgan fingerprint density at radius 3 is 2.41 bits per heavy atom. The molecule has 1 fully saturated rings. The fourth-order valence-electron chi connectivity index (χ4n) is 3.59. The zero-order valence-corrected chi connectivity index (χ0v) is 16.8. The lowest BCUT2D eigenvalue weighted by Crippen LogP contribution is -2.22. The Balaban J connectivity index is 1.85. The SMILES string of the molecule is COc1cc(/C=C(/C#N)c2ccccc2OC)ccc1OC(=O)C1CCCCC1. The van der Waals surface area contributed by atoms with E-state index in [9.17, 15) is 10.1 Å². The number of esters is 1. The maximum Gasteiger partial charge on any atom is 0.314 e. The molecule has 0 spiro atoms. The van der Waals surface area contributed by atoms with Crippen LogP contribution in [0.5, 0.6) is 17.2 Å². The Morgan fingerprint density at radius 2 is 1.72 bits per heavy atom. The summed E-state index contributed by atoms with van der Waals surface area (Å²) in [4.78, 5) is 12.5. The van der Waals surface area contributed by atoms with Crippen molar-refractivity contribution >= 4 is 17.6 Å². The third-order valence-corrected chi connectivity index (χ3v) is 5.17. The molecular formula is C24H25NO4. The van der Waals surface area contributed by atoms with Crippen molar-refractivity contribution in [2.75, 3.05) is 14.2 Å². The van der Waals surface area contributed by atoms with Gasteiger partial charge in [0, 0.05) is 5.56 Å². The van der Waals surface area contributed by atoms with Crippen LogP contribution in [0.25, 0.3) is 11.6 Å². The van der Waals surface area contributed by atoms with Gasteiger partial charge in [0.15, 0.2) is 11.5 Å². The van der Waals surface area contributed by atoms with Gasteiger partial charge >= 0.3 is 5.97 Å². The first-order valence-electron chi connectivity index (χ1n) is 9.81. The summed E-state index contributed by atoms with van der Waals surface area (Å²) in [7, 11) is 3.11. The quantitative estimate of drug-likeness (QED) is 0.291. The highest BCUT2D eigenvalue weighted by atomic mass is 16.6. The fraction of sp³-hybridized carbons (Fsp3) is 0.333. The highest BCUT2D eigenvalue weighted by molar-refractivity contribution is 5.92. The molecule has 0 saturated heterocycles. The Morgan fingerprint density at radius 1 is 1.00 bits per heavy atom. The lowest BCUT2D eigenvalue weighted by atomic mass is 9.89. The first-order valence-corrected chi connectivity index (χ1v) is 9.81. The normalized spacial score (nSPS) is 14.7. The minimum Gasteiger partial charge on any atom is -0.496 e. The molecule has 1 aliphatic rings. The number of nitrogens with zero attached hydrogens (tertiary/aromatic N) is 1. The lowest BCUT2D eigenvalue weighted by molar-refractivity contribution is -0.140. The Bertz CT molecular complexity index is 936. The number of hydrogen-bond donors (Lipinski definition) is 0. The number of para-hydroxylation sites is 1. The molecule has 1 aliphatic carbocycles. The summed E-state index contributed by atoms with van der Waals surface area (Å²) in [6.45, 7) is 0. The maximum atomic E-state index is 12.5. The number of benzene rings is 2. The standard InChI is InChI=1S/C24H25NO4/c1-27-21-11-7-6-10-20(21)19(16-25)14-17-12-13-22(23(15-17)28-2)29-24(26)18-8-4-3-5-9-18/h6-7,10-15,18H,3-5,8-9H2,1-2H3/b19-14-. The summed E-state index contributed by atoms with van der Waals surface area (Å²) in [5.74, 6) is 1.25. The number of methoxy groups -OCH3 is 2. The van der Waals surface area contributed by atoms with Crippen LogP contribution in [0.1, 0.15) is 43.2 Å². The Labute approximate surface area is 171 Å². The summed E-state index contributed by atoms with van der Waals surface area (Å²) in [6.07, 6.45) is 6.84. The van der Waals surface area contributed by atoms with Crippen molar-refractivity contribution in [1.82, 2.24) is 0 Å². The van der Waals surface area contributed by atoms with Crippen molar-refractivity contribution < 1.29 is 19.0 Å². The monoisotopic (exact) mass is 391 g/mol. The van der Waals surface area contributed by atoms with Crippen LogP contribution in [-0.2, 0) is 4.79 Å². The highest BCUT2D eigenvalue weighted by Crippen LogP contribution is 2.33. The van der Waals surface area contributed by atoms with Gasteiger partial charge in [0.1, 0.15) is 5.75 Å². The number of ether oxygens (including phenoxy) is 3. The molecular weight excluding hydrogens is 366 g/mol. The number of carbonyl (C=O) groups excluding carboxylic acids is 1. The van der Waals surface area contributed by atoms with E-state index in [1.807, 2.05) is 24.3 Å². The topological polar surface area (TPSA) is 68.6 Å². The second kappa shape index (κ2) is 9.79. The lowest BCUT2D eigenvalue weighted by Gasteiger charge is -2.20. The van der Waals surface area contributed by atoms with Gasteiger partial charge in [0.2, 0.25) is 0 Å². The van der Waals surface area contributed by atoms with E-state index in [1.165, 1.54) is 13.5 Å². The second-order valence-electron chi connectivity index (χ2n) is 7.04. The van der Waals surface area contributed by atoms with Gasteiger partial charge < -0.3 is 14.2 Å². The molecule has 2 aromatic carbocycles. The average Bonchev–Trinajstić information content (AvgIpc) is 2.78. The van der Waals surface area contributed by atoms with Gasteiger partial charge in [-0.25, -0.2) is 0 Å². The molecule has 29 heavy (non-hydrogen) atoms. The molecule has 3 rings (SSSR count). The molecule has 1 saturated carbocycles. The third-order valence-electron chi connectivity index (χ3n) is 5.17. The van der Waals surface area contributed by atoms with Gasteiger partial charge in [-0.05, 0) is 48.7 Å². The number of allylic oxidation sites excluding steroid dienone is 1. The van der Waals surface area contributed by atoms with Crippen LogP contribution in [0.4, 0.5) is 0 Å². The number of hydrogen-bond acceptors (Lipinski definition) is 5. The third kappa shape index (κ3) is 4.97. The molecule has 0 unspecified atom stereocenters. The summed E-state index contributed by atoms with van der Waals surface area (Å²) < 4.78 is 16.4. The molecule has 0 aliphatic heterocycles. The molecule has 0 atom stereocenters. The molecule has 0 aromatic heterocycles. The van der Waals surface area contributed by atoms with Crippen LogP contribution in [0.2, 0.25) is 0 Å². The first kappa shape index (κ1) is 20.5. The predicted molar refractivity (Wildman–Crippen MR) is 112 cm³/mol. The fourth-order valence-corrected chi connectivity index (χ4v) is 3.59. The van der Waals surface area contributed by atoms with Gasteiger partial charge in [-0.3, -0.25) is 4.79 Å². The number of nitriles is 1. The molecule has 0 N–H and O–H groups in total. The van der Waals surface area contributed by atoms with Crippen LogP contribution in [0, 0.1) is 17.2 Å². The van der Waals surface area contributed by atoms with E-state index in [4.69, 9.17) is 14.2 Å². The first-order chi connectivity index (χ1) is 14.2. The zero-order chi connectivity index (χ0) is 20.6. The van der Waals surface area contributed by atoms with Crippen LogP contribution in [0.3, 0.4) is 0 Å². The van der Waals surface area contributed by atoms with Crippen LogP contribution in [0.15, 0.2) is 42.5 Å². The predicted octanol–water partition coefficient (Wildman–Crippen LogP) is 5.25. The van der Waals surface area contributed by atoms with Gasteiger partial charge in [0.25, 0.3) is 0 Å². The minimum atomic E-state index is -0.196. The van der Waals surface area contributed by atoms with Crippen molar-refractivity contribution in [2.24, 2.45) is 5.92 Å². The van der Waals surface area contributed by atoms with Crippen LogP contribution >= 0.6 is 0 Å². The molecule has 2 aromatic rings. The van der Waals surface area contributed by atoms with Crippen molar-refractivity contribution in [1.29, 1.82) is 5.26 Å². The highest BCUT2D eigenvalue weighted by Gasteiger charge is 2.24. The van der Waals surface area contributed by atoms with E-state index in [1.54, 1.807) is 31.4 Å². The average molecular weight is 391 g/mol. The largest absolute Gasteiger partial charge is 0.496 e. The summed E-state index contributed by atoms with van der Waals surface area (Å²) in [5, 5.41) is 9.63. The van der Waals surface area contributed by atoms with Crippen molar-refractivity contribution in [3.8, 4) is 23.3 Å². The molecule has 5 heteroatoms. The summed E-state index contributed by atoms with van der Waals surface area (Å²) in [6, 6.07) is 14.9. The smallest absolute Gasteiger partial charge is 0.314 e. The second-order valence-corrected chi connectivity index (χ2v) is 7.04. The van der Waals surface area contributed by atoms with Crippen LogP contribution in [-0.4, -0.2) is 20.2 Å². The van der Waals surface area contributed by atoms with E-state index < -0.39 is 0 Å². The Hall–Kier alpha value is -3.26. The van der Waals surface area contributed by atoms with Gasteiger partial charge in [0.05, 0.1) is 31.8 Å².